The van der Waals surface area contributed by atoms with Gasteiger partial charge < -0.3 is 9.84 Å². The van der Waals surface area contributed by atoms with Crippen LogP contribution in [-0.2, 0) is 0 Å². The minimum absolute atomic E-state index is 0. The molecule has 0 aliphatic heterocycles. The number of para-hydroxylation sites is 1. The van der Waals surface area contributed by atoms with Crippen molar-refractivity contribution in [1.82, 2.24) is 10.4 Å². The number of hydrogen-bond donors (Lipinski definition) is 1. The second-order valence-electron chi connectivity index (χ2n) is 2.27. The summed E-state index contributed by atoms with van der Waals surface area (Å²) in [7, 11) is 0. The van der Waals surface area contributed by atoms with E-state index < -0.39 is 0 Å². The van der Waals surface area contributed by atoms with Crippen LogP contribution < -0.4 is 5.32 Å². The summed E-state index contributed by atoms with van der Waals surface area (Å²) in [6, 6.07) is 9.69. The van der Waals surface area contributed by atoms with Gasteiger partial charge in [0, 0.05) is 11.0 Å². The van der Waals surface area contributed by atoms with Gasteiger partial charge in [-0.15, -0.1) is 29.9 Å². The van der Waals surface area contributed by atoms with Gasteiger partial charge in [-0.1, -0.05) is 18.2 Å². The lowest BCUT2D eigenvalue weighted by molar-refractivity contribution is 0.406. The molecule has 1 aromatic carbocycles. The molecule has 14 heavy (non-hydrogen) atoms. The van der Waals surface area contributed by atoms with Gasteiger partial charge >= 0.3 is 0 Å². The first-order chi connectivity index (χ1) is 5.95. The first kappa shape index (κ1) is 12.7. The Morgan fingerprint density at radius 2 is 1.79 bits per heavy atom. The quantitative estimate of drug-likeness (QED) is 0.867. The minimum atomic E-state index is 0. The fourth-order valence-electron chi connectivity index (χ4n) is 0.886. The zero-order valence-corrected chi connectivity index (χ0v) is 8.72. The summed E-state index contributed by atoms with van der Waals surface area (Å²) in [5, 5.41) is 9.86. The summed E-state index contributed by atoms with van der Waals surface area (Å²) in [5.74, 6) is 0.543. The van der Waals surface area contributed by atoms with Crippen LogP contribution in [0.5, 0.6) is 0 Å². The van der Waals surface area contributed by atoms with Crippen molar-refractivity contribution >= 4 is 36.4 Å². The number of nitrogens with one attached hydrogen (secondary N) is 1. The molecule has 4 nitrogen and oxygen atoms in total. The van der Waals surface area contributed by atoms with Crippen LogP contribution in [0.1, 0.15) is 0 Å². The number of rotatable bonds is 2. The molecule has 1 heterocycles. The molecular formula is C8H9Cl2N3O. The summed E-state index contributed by atoms with van der Waals surface area (Å²) in [4.78, 5) is 0. The Morgan fingerprint density at radius 1 is 1.07 bits per heavy atom. The highest BCUT2D eigenvalue weighted by Gasteiger charge is 1.95. The molecule has 1 aromatic heterocycles. The van der Waals surface area contributed by atoms with Crippen molar-refractivity contribution in [2.24, 2.45) is 0 Å². The molecule has 0 aliphatic carbocycles. The maximum Gasteiger partial charge on any atom is 0.249 e. The van der Waals surface area contributed by atoms with Crippen molar-refractivity contribution < 1.29 is 4.52 Å². The molecule has 6 heteroatoms. The van der Waals surface area contributed by atoms with Crippen LogP contribution in [-0.4, -0.2) is 10.4 Å². The summed E-state index contributed by atoms with van der Waals surface area (Å²) < 4.78 is 4.77. The third kappa shape index (κ3) is 3.24. The zero-order valence-electron chi connectivity index (χ0n) is 7.08. The maximum atomic E-state index is 4.77. The van der Waals surface area contributed by atoms with Crippen LogP contribution in [0.4, 0.5) is 11.6 Å². The van der Waals surface area contributed by atoms with E-state index in [-0.39, 0.29) is 24.8 Å². The van der Waals surface area contributed by atoms with Crippen LogP contribution in [0, 0.1) is 0 Å². The molecular weight excluding hydrogens is 225 g/mol. The Hall–Kier alpha value is -1.26. The highest BCUT2D eigenvalue weighted by Crippen LogP contribution is 2.12. The van der Waals surface area contributed by atoms with Gasteiger partial charge in [0.05, 0.1) is 0 Å². The van der Waals surface area contributed by atoms with Crippen molar-refractivity contribution in [2.45, 2.75) is 0 Å². The van der Waals surface area contributed by atoms with E-state index in [0.717, 1.165) is 5.69 Å². The third-order valence-corrected chi connectivity index (χ3v) is 1.40. The molecule has 2 rings (SSSR count). The molecule has 0 saturated heterocycles. The number of halogens is 2. The van der Waals surface area contributed by atoms with E-state index in [9.17, 15) is 0 Å². The Kier molecular flexibility index (Phi) is 5.67. The Bertz CT molecular complexity index is 339. The van der Waals surface area contributed by atoms with E-state index in [2.05, 4.69) is 15.7 Å². The molecule has 0 atom stereocenters. The monoisotopic (exact) mass is 233 g/mol. The van der Waals surface area contributed by atoms with E-state index in [1.165, 1.54) is 6.20 Å². The lowest BCUT2D eigenvalue weighted by Crippen LogP contribution is -1.86. The van der Waals surface area contributed by atoms with Gasteiger partial charge in [0.1, 0.15) is 6.20 Å². The largest absolute Gasteiger partial charge is 0.323 e. The first-order valence-corrected chi connectivity index (χ1v) is 3.54. The SMILES string of the molecule is Cl.Cl.c1ccc(Nc2cnno2)cc1. The molecule has 0 radical (unpaired) electrons. The maximum absolute atomic E-state index is 4.77. The molecule has 1 N–H and O–H groups in total. The van der Waals surface area contributed by atoms with E-state index in [1.54, 1.807) is 0 Å². The van der Waals surface area contributed by atoms with Crippen molar-refractivity contribution in [2.75, 3.05) is 5.32 Å². The number of anilines is 2. The highest BCUT2D eigenvalue weighted by atomic mass is 35.5. The molecule has 76 valence electrons. The molecule has 0 spiro atoms. The highest BCUT2D eigenvalue weighted by molar-refractivity contribution is 5.85. The van der Waals surface area contributed by atoms with Crippen LogP contribution in [0.15, 0.2) is 41.1 Å². The van der Waals surface area contributed by atoms with E-state index in [4.69, 9.17) is 4.52 Å². The second-order valence-corrected chi connectivity index (χ2v) is 2.27. The summed E-state index contributed by atoms with van der Waals surface area (Å²) in [6.07, 6.45) is 1.52. The van der Waals surface area contributed by atoms with Gasteiger partial charge in [-0.25, -0.2) is 0 Å². The predicted molar refractivity (Wildman–Crippen MR) is 58.5 cm³/mol. The smallest absolute Gasteiger partial charge is 0.249 e. The summed E-state index contributed by atoms with van der Waals surface area (Å²) in [6.45, 7) is 0. The fraction of sp³-hybridized carbons (Fsp3) is 0. The zero-order chi connectivity index (χ0) is 8.23. The molecule has 0 fully saturated rings. The Morgan fingerprint density at radius 3 is 2.36 bits per heavy atom. The van der Waals surface area contributed by atoms with Crippen LogP contribution >= 0.6 is 24.8 Å². The lowest BCUT2D eigenvalue weighted by atomic mass is 10.3. The number of nitrogens with zero attached hydrogens (tertiary/aromatic N) is 2. The predicted octanol–water partition coefficient (Wildman–Crippen LogP) is 2.66. The summed E-state index contributed by atoms with van der Waals surface area (Å²) in [5.41, 5.74) is 0.955. The first-order valence-electron chi connectivity index (χ1n) is 3.54. The van der Waals surface area contributed by atoms with Gasteiger partial charge in [0.25, 0.3) is 0 Å². The van der Waals surface area contributed by atoms with Crippen molar-refractivity contribution in [1.29, 1.82) is 0 Å². The average molecular weight is 234 g/mol. The number of benzene rings is 1. The van der Waals surface area contributed by atoms with Gasteiger partial charge in [0.2, 0.25) is 5.88 Å². The van der Waals surface area contributed by atoms with Crippen molar-refractivity contribution in [3.63, 3.8) is 0 Å². The fourth-order valence-corrected chi connectivity index (χ4v) is 0.886. The average Bonchev–Trinajstić information content (AvgIpc) is 2.59. The minimum Gasteiger partial charge on any atom is -0.323 e. The standard InChI is InChI=1S/C8H7N3O.2ClH/c1-2-4-7(5-3-1)10-8-6-9-11-12-8;;/h1-6,10H;2*1H. The Labute approximate surface area is 93.5 Å². The second kappa shape index (κ2) is 6.23. The van der Waals surface area contributed by atoms with Gasteiger partial charge in [-0.2, -0.15) is 0 Å². The third-order valence-electron chi connectivity index (χ3n) is 1.40. The van der Waals surface area contributed by atoms with Crippen molar-refractivity contribution in [3.05, 3.63) is 36.5 Å². The van der Waals surface area contributed by atoms with Gasteiger partial charge in [-0.3, -0.25) is 0 Å². The van der Waals surface area contributed by atoms with Crippen LogP contribution in [0.3, 0.4) is 0 Å². The van der Waals surface area contributed by atoms with Gasteiger partial charge in [0.15, 0.2) is 0 Å². The van der Waals surface area contributed by atoms with Crippen LogP contribution in [0.2, 0.25) is 0 Å². The molecule has 0 aliphatic rings. The van der Waals surface area contributed by atoms with E-state index in [1.807, 2.05) is 30.3 Å². The molecule has 0 amide bonds. The topological polar surface area (TPSA) is 51.0 Å². The molecule has 2 aromatic rings. The van der Waals surface area contributed by atoms with Gasteiger partial charge in [-0.05, 0) is 12.1 Å². The normalized spacial score (nSPS) is 8.29. The van der Waals surface area contributed by atoms with E-state index in [0.29, 0.717) is 5.88 Å². The number of aromatic nitrogens is 2. The number of hydrogen-bond acceptors (Lipinski definition) is 4. The van der Waals surface area contributed by atoms with Crippen molar-refractivity contribution in [3.8, 4) is 0 Å². The van der Waals surface area contributed by atoms with E-state index >= 15 is 0 Å². The Balaban J connectivity index is 0.000000845. The molecule has 0 saturated carbocycles. The molecule has 0 bridgehead atoms. The lowest BCUT2D eigenvalue weighted by Gasteiger charge is -1.98. The van der Waals surface area contributed by atoms with Crippen LogP contribution in [0.25, 0.3) is 0 Å². The molecule has 0 unspecified atom stereocenters. The summed E-state index contributed by atoms with van der Waals surface area (Å²) >= 11 is 0.